The molecule has 3 rings (SSSR count). The predicted octanol–water partition coefficient (Wildman–Crippen LogP) is 1.15. The molecule has 0 unspecified atom stereocenters. The van der Waals surface area contributed by atoms with Crippen molar-refractivity contribution in [2.45, 2.75) is 25.2 Å². The molecule has 1 aliphatic rings. The van der Waals surface area contributed by atoms with Gasteiger partial charge in [0, 0.05) is 37.5 Å². The number of aryl methyl sites for hydroxylation is 2. The van der Waals surface area contributed by atoms with E-state index in [9.17, 15) is 0 Å². The first-order valence-corrected chi connectivity index (χ1v) is 6.07. The van der Waals surface area contributed by atoms with Crippen LogP contribution in [0.4, 0.5) is 0 Å². The first kappa shape index (κ1) is 11.3. The van der Waals surface area contributed by atoms with E-state index in [1.807, 2.05) is 0 Å². The van der Waals surface area contributed by atoms with Crippen molar-refractivity contribution < 1.29 is 9.26 Å². The van der Waals surface area contributed by atoms with Gasteiger partial charge in [-0.15, -0.1) is 0 Å². The molecule has 18 heavy (non-hydrogen) atoms. The Bertz CT molecular complexity index is 494. The molecule has 0 amide bonds. The second-order valence-electron chi connectivity index (χ2n) is 4.30. The molecule has 0 aliphatic carbocycles. The maximum Gasteiger partial charge on any atom is 0.227 e. The van der Waals surface area contributed by atoms with Crippen molar-refractivity contribution in [3.8, 4) is 0 Å². The van der Waals surface area contributed by atoms with Gasteiger partial charge < -0.3 is 9.26 Å². The second kappa shape index (κ2) is 5.22. The van der Waals surface area contributed by atoms with E-state index in [2.05, 4.69) is 20.1 Å². The molecule has 0 radical (unpaired) electrons. The summed E-state index contributed by atoms with van der Waals surface area (Å²) in [7, 11) is 0. The Labute approximate surface area is 104 Å². The third kappa shape index (κ3) is 2.53. The van der Waals surface area contributed by atoms with E-state index >= 15 is 0 Å². The Hall–Kier alpha value is -1.82. The summed E-state index contributed by atoms with van der Waals surface area (Å²) in [6.45, 7) is 1.48. The van der Waals surface area contributed by atoms with Crippen LogP contribution in [0.3, 0.4) is 0 Å². The summed E-state index contributed by atoms with van der Waals surface area (Å²) < 4.78 is 10.5. The van der Waals surface area contributed by atoms with Gasteiger partial charge >= 0.3 is 0 Å². The molecule has 94 valence electrons. The SMILES string of the molecule is c1cnc(CCc2nc([C@@H]3CCOC3)no2)cn1. The Kier molecular flexibility index (Phi) is 3.27. The highest BCUT2D eigenvalue weighted by atomic mass is 16.5. The average Bonchev–Trinajstić information content (AvgIpc) is 3.08. The number of ether oxygens (including phenoxy) is 1. The highest BCUT2D eigenvalue weighted by Crippen LogP contribution is 2.22. The van der Waals surface area contributed by atoms with Crippen LogP contribution in [0.15, 0.2) is 23.1 Å². The summed E-state index contributed by atoms with van der Waals surface area (Å²) in [6, 6.07) is 0. The van der Waals surface area contributed by atoms with Crippen LogP contribution in [0.25, 0.3) is 0 Å². The van der Waals surface area contributed by atoms with Crippen molar-refractivity contribution in [3.05, 3.63) is 36.0 Å². The van der Waals surface area contributed by atoms with Crippen molar-refractivity contribution >= 4 is 0 Å². The van der Waals surface area contributed by atoms with Crippen molar-refractivity contribution in [3.63, 3.8) is 0 Å². The molecule has 1 aliphatic heterocycles. The van der Waals surface area contributed by atoms with E-state index in [4.69, 9.17) is 9.26 Å². The van der Waals surface area contributed by atoms with Crippen LogP contribution in [0.5, 0.6) is 0 Å². The fourth-order valence-corrected chi connectivity index (χ4v) is 1.97. The minimum atomic E-state index is 0.291. The smallest absolute Gasteiger partial charge is 0.227 e. The molecule has 2 aromatic heterocycles. The number of hydrogen-bond donors (Lipinski definition) is 0. The average molecular weight is 246 g/mol. The third-order valence-corrected chi connectivity index (χ3v) is 2.99. The summed E-state index contributed by atoms with van der Waals surface area (Å²) in [5.74, 6) is 1.71. The molecule has 1 saturated heterocycles. The van der Waals surface area contributed by atoms with E-state index < -0.39 is 0 Å². The van der Waals surface area contributed by atoms with E-state index in [1.54, 1.807) is 18.6 Å². The number of nitrogens with zero attached hydrogens (tertiary/aromatic N) is 4. The quantitative estimate of drug-likeness (QED) is 0.805. The number of hydrogen-bond acceptors (Lipinski definition) is 6. The lowest BCUT2D eigenvalue weighted by Crippen LogP contribution is -2.00. The summed E-state index contributed by atoms with van der Waals surface area (Å²) in [6.07, 6.45) is 7.53. The molecular formula is C12H14N4O2. The number of aromatic nitrogens is 4. The van der Waals surface area contributed by atoms with Crippen LogP contribution in [0, 0.1) is 0 Å². The summed E-state index contributed by atoms with van der Waals surface area (Å²) in [4.78, 5) is 12.6. The van der Waals surface area contributed by atoms with Gasteiger partial charge in [0.05, 0.1) is 12.3 Å². The van der Waals surface area contributed by atoms with Gasteiger partial charge in [-0.05, 0) is 12.8 Å². The largest absolute Gasteiger partial charge is 0.381 e. The molecule has 2 aromatic rings. The van der Waals surface area contributed by atoms with Crippen LogP contribution in [-0.2, 0) is 17.6 Å². The van der Waals surface area contributed by atoms with Gasteiger partial charge in [-0.25, -0.2) is 0 Å². The zero-order valence-electron chi connectivity index (χ0n) is 9.95. The van der Waals surface area contributed by atoms with E-state index in [0.717, 1.165) is 31.0 Å². The van der Waals surface area contributed by atoms with Crippen molar-refractivity contribution in [2.75, 3.05) is 13.2 Å². The molecule has 6 heteroatoms. The fraction of sp³-hybridized carbons (Fsp3) is 0.500. The summed E-state index contributed by atoms with van der Waals surface area (Å²) >= 11 is 0. The van der Waals surface area contributed by atoms with Gasteiger partial charge in [-0.2, -0.15) is 4.98 Å². The summed E-state index contributed by atoms with van der Waals surface area (Å²) in [5.41, 5.74) is 0.932. The van der Waals surface area contributed by atoms with Gasteiger partial charge in [-0.3, -0.25) is 9.97 Å². The minimum absolute atomic E-state index is 0.291. The predicted molar refractivity (Wildman–Crippen MR) is 61.9 cm³/mol. The van der Waals surface area contributed by atoms with Crippen LogP contribution in [0.1, 0.15) is 29.7 Å². The number of rotatable bonds is 4. The van der Waals surface area contributed by atoms with Gasteiger partial charge in [-0.1, -0.05) is 5.16 Å². The zero-order valence-corrected chi connectivity index (χ0v) is 9.95. The van der Waals surface area contributed by atoms with Crippen molar-refractivity contribution in [2.24, 2.45) is 0 Å². The lowest BCUT2D eigenvalue weighted by molar-refractivity contribution is 0.192. The molecule has 0 saturated carbocycles. The van der Waals surface area contributed by atoms with Gasteiger partial charge in [0.25, 0.3) is 0 Å². The zero-order chi connectivity index (χ0) is 12.2. The van der Waals surface area contributed by atoms with Crippen LogP contribution < -0.4 is 0 Å². The first-order valence-electron chi connectivity index (χ1n) is 6.07. The first-order chi connectivity index (χ1) is 8.92. The topological polar surface area (TPSA) is 73.9 Å². The second-order valence-corrected chi connectivity index (χ2v) is 4.30. The molecule has 0 aromatic carbocycles. The highest BCUT2D eigenvalue weighted by molar-refractivity contribution is 5.00. The van der Waals surface area contributed by atoms with Crippen LogP contribution >= 0.6 is 0 Å². The molecule has 3 heterocycles. The maximum atomic E-state index is 5.31. The minimum Gasteiger partial charge on any atom is -0.381 e. The maximum absolute atomic E-state index is 5.31. The van der Waals surface area contributed by atoms with Gasteiger partial charge in [0.2, 0.25) is 5.89 Å². The standard InChI is InChI=1S/C12H14N4O2/c1(10-7-13-4-5-14-10)2-11-15-12(16-18-11)9-3-6-17-8-9/h4-5,7,9H,1-3,6,8H2/t9-/m1/s1. The van der Waals surface area contributed by atoms with E-state index in [0.29, 0.717) is 24.8 Å². The van der Waals surface area contributed by atoms with Gasteiger partial charge in [0.1, 0.15) is 0 Å². The monoisotopic (exact) mass is 246 g/mol. The molecule has 6 nitrogen and oxygen atoms in total. The third-order valence-electron chi connectivity index (χ3n) is 2.99. The molecule has 0 bridgehead atoms. The normalized spacial score (nSPS) is 19.2. The van der Waals surface area contributed by atoms with Crippen LogP contribution in [-0.4, -0.2) is 33.3 Å². The van der Waals surface area contributed by atoms with Crippen LogP contribution in [0.2, 0.25) is 0 Å². The lowest BCUT2D eigenvalue weighted by atomic mass is 10.1. The molecule has 0 spiro atoms. The van der Waals surface area contributed by atoms with E-state index in [1.165, 1.54) is 0 Å². The Morgan fingerprint density at radius 3 is 3.06 bits per heavy atom. The van der Waals surface area contributed by atoms with E-state index in [-0.39, 0.29) is 0 Å². The molecule has 1 atom stereocenters. The highest BCUT2D eigenvalue weighted by Gasteiger charge is 2.22. The van der Waals surface area contributed by atoms with Crippen molar-refractivity contribution in [1.29, 1.82) is 0 Å². The fourth-order valence-electron chi connectivity index (χ4n) is 1.97. The van der Waals surface area contributed by atoms with Crippen molar-refractivity contribution in [1.82, 2.24) is 20.1 Å². The summed E-state index contributed by atoms with van der Waals surface area (Å²) in [5, 5.41) is 4.01. The molecule has 1 fully saturated rings. The Morgan fingerprint density at radius 1 is 1.28 bits per heavy atom. The lowest BCUT2D eigenvalue weighted by Gasteiger charge is -1.97. The molecule has 0 N–H and O–H groups in total. The Balaban J connectivity index is 1.60. The Morgan fingerprint density at radius 2 is 2.28 bits per heavy atom. The van der Waals surface area contributed by atoms with Gasteiger partial charge in [0.15, 0.2) is 5.82 Å². The molecular weight excluding hydrogens is 232 g/mol.